The molecule has 1 aromatic heterocycles. The molecular formula is C22H27N3O4S. The van der Waals surface area contributed by atoms with Crippen LogP contribution in [0.1, 0.15) is 17.3 Å². The summed E-state index contributed by atoms with van der Waals surface area (Å²) in [7, 11) is 7.15. The summed E-state index contributed by atoms with van der Waals surface area (Å²) in [6, 6.07) is 10.9. The van der Waals surface area contributed by atoms with Gasteiger partial charge in [0, 0.05) is 30.8 Å². The molecule has 1 heterocycles. The second kappa shape index (κ2) is 9.77. The van der Waals surface area contributed by atoms with Gasteiger partial charge in [-0.1, -0.05) is 11.3 Å². The first-order valence-corrected chi connectivity index (χ1v) is 10.5. The quantitative estimate of drug-likeness (QED) is 0.514. The number of ether oxygens (including phenoxy) is 3. The molecule has 3 aromatic rings. The number of hydrogen-bond acceptors (Lipinski definition) is 7. The molecule has 0 atom stereocenters. The number of likely N-dealkylation sites (N-methyl/N-ethyl adjacent to an activating group) is 1. The van der Waals surface area contributed by atoms with Crippen LogP contribution in [0, 0.1) is 0 Å². The first-order chi connectivity index (χ1) is 14.5. The highest BCUT2D eigenvalue weighted by Crippen LogP contribution is 2.37. The van der Waals surface area contributed by atoms with Crippen molar-refractivity contribution in [1.29, 1.82) is 0 Å². The normalized spacial score (nSPS) is 11.0. The van der Waals surface area contributed by atoms with Gasteiger partial charge in [0.05, 0.1) is 31.0 Å². The maximum absolute atomic E-state index is 13.3. The average molecular weight is 430 g/mol. The molecule has 2 aromatic carbocycles. The Morgan fingerprint density at radius 1 is 1.03 bits per heavy atom. The van der Waals surface area contributed by atoms with Crippen LogP contribution in [0.15, 0.2) is 36.4 Å². The molecule has 1 amide bonds. The minimum Gasteiger partial charge on any atom is -0.494 e. The Kier molecular flexibility index (Phi) is 7.12. The Morgan fingerprint density at radius 3 is 2.30 bits per heavy atom. The van der Waals surface area contributed by atoms with E-state index in [0.29, 0.717) is 41.9 Å². The van der Waals surface area contributed by atoms with Crippen LogP contribution in [0.2, 0.25) is 0 Å². The van der Waals surface area contributed by atoms with Gasteiger partial charge in [-0.25, -0.2) is 4.98 Å². The molecular weight excluding hydrogens is 402 g/mol. The van der Waals surface area contributed by atoms with Crippen molar-refractivity contribution < 1.29 is 19.0 Å². The van der Waals surface area contributed by atoms with Crippen LogP contribution >= 0.6 is 11.3 Å². The third-order valence-electron chi connectivity index (χ3n) is 4.54. The number of amides is 1. The standard InChI is InChI=1S/C22H27N3O4S/c1-6-29-16-9-7-15(8-10-16)21(26)25(12-11-24(2)3)22-23-17-13-18(27-4)19(28-5)14-20(17)30-22/h7-10,13-14H,6,11-12H2,1-5H3. The summed E-state index contributed by atoms with van der Waals surface area (Å²) < 4.78 is 17.2. The van der Waals surface area contributed by atoms with Crippen LogP contribution in [0.3, 0.4) is 0 Å². The van der Waals surface area contributed by atoms with Crippen molar-refractivity contribution in [2.24, 2.45) is 0 Å². The summed E-state index contributed by atoms with van der Waals surface area (Å²) in [5.74, 6) is 1.89. The van der Waals surface area contributed by atoms with E-state index in [1.807, 2.05) is 50.2 Å². The zero-order valence-electron chi connectivity index (χ0n) is 18.0. The number of thiazole rings is 1. The number of nitrogens with zero attached hydrogens (tertiary/aromatic N) is 3. The number of carbonyl (C=O) groups is 1. The van der Waals surface area contributed by atoms with Crippen molar-refractivity contribution in [3.63, 3.8) is 0 Å². The predicted molar refractivity (Wildman–Crippen MR) is 121 cm³/mol. The average Bonchev–Trinajstić information content (AvgIpc) is 3.15. The smallest absolute Gasteiger partial charge is 0.260 e. The van der Waals surface area contributed by atoms with Crippen molar-refractivity contribution in [1.82, 2.24) is 9.88 Å². The number of hydrogen-bond donors (Lipinski definition) is 0. The van der Waals surface area contributed by atoms with Crippen LogP contribution in [0.5, 0.6) is 17.2 Å². The van der Waals surface area contributed by atoms with E-state index < -0.39 is 0 Å². The van der Waals surface area contributed by atoms with Crippen molar-refractivity contribution in [2.75, 3.05) is 52.9 Å². The maximum atomic E-state index is 13.3. The molecule has 0 saturated heterocycles. The second-order valence-corrected chi connectivity index (χ2v) is 7.90. The summed E-state index contributed by atoms with van der Waals surface area (Å²) in [6.07, 6.45) is 0. The van der Waals surface area contributed by atoms with E-state index in [0.717, 1.165) is 16.0 Å². The molecule has 160 valence electrons. The summed E-state index contributed by atoms with van der Waals surface area (Å²) in [5.41, 5.74) is 1.36. The number of benzene rings is 2. The van der Waals surface area contributed by atoms with Gasteiger partial charge in [-0.3, -0.25) is 9.69 Å². The molecule has 0 unspecified atom stereocenters. The molecule has 0 bridgehead atoms. The van der Waals surface area contributed by atoms with Gasteiger partial charge in [0.15, 0.2) is 16.6 Å². The summed E-state index contributed by atoms with van der Waals surface area (Å²) >= 11 is 1.46. The fourth-order valence-corrected chi connectivity index (χ4v) is 3.96. The van der Waals surface area contributed by atoms with Gasteiger partial charge in [0.1, 0.15) is 5.75 Å². The molecule has 7 nitrogen and oxygen atoms in total. The van der Waals surface area contributed by atoms with Crippen molar-refractivity contribution in [3.05, 3.63) is 42.0 Å². The highest BCUT2D eigenvalue weighted by Gasteiger charge is 2.22. The fourth-order valence-electron chi connectivity index (χ4n) is 2.96. The van der Waals surface area contributed by atoms with Crippen molar-refractivity contribution in [2.45, 2.75) is 6.92 Å². The Balaban J connectivity index is 1.97. The molecule has 0 aliphatic heterocycles. The molecule has 30 heavy (non-hydrogen) atoms. The Morgan fingerprint density at radius 2 is 1.70 bits per heavy atom. The van der Waals surface area contributed by atoms with Crippen molar-refractivity contribution >= 4 is 32.6 Å². The zero-order valence-corrected chi connectivity index (χ0v) is 18.8. The van der Waals surface area contributed by atoms with Crippen molar-refractivity contribution in [3.8, 4) is 17.2 Å². The molecule has 0 fully saturated rings. The summed E-state index contributed by atoms with van der Waals surface area (Å²) in [6.45, 7) is 3.75. The lowest BCUT2D eigenvalue weighted by Gasteiger charge is -2.22. The zero-order chi connectivity index (χ0) is 21.7. The molecule has 8 heteroatoms. The maximum Gasteiger partial charge on any atom is 0.260 e. The minimum absolute atomic E-state index is 0.0992. The van der Waals surface area contributed by atoms with Gasteiger partial charge < -0.3 is 19.1 Å². The number of anilines is 1. The Bertz CT molecular complexity index is 961. The summed E-state index contributed by atoms with van der Waals surface area (Å²) in [5, 5.41) is 0.640. The van der Waals surface area contributed by atoms with E-state index in [-0.39, 0.29) is 5.91 Å². The lowest BCUT2D eigenvalue weighted by molar-refractivity contribution is 0.0985. The predicted octanol–water partition coefficient (Wildman–Crippen LogP) is 3.92. The molecule has 0 radical (unpaired) electrons. The fraction of sp³-hybridized carbons (Fsp3) is 0.364. The molecule has 0 N–H and O–H groups in total. The molecule has 3 rings (SSSR count). The molecule has 0 spiro atoms. The number of methoxy groups -OCH3 is 2. The van der Waals surface area contributed by atoms with Gasteiger partial charge >= 0.3 is 0 Å². The van der Waals surface area contributed by atoms with E-state index in [9.17, 15) is 4.79 Å². The second-order valence-electron chi connectivity index (χ2n) is 6.89. The minimum atomic E-state index is -0.0992. The van der Waals surface area contributed by atoms with E-state index in [1.165, 1.54) is 11.3 Å². The SMILES string of the molecule is CCOc1ccc(C(=O)N(CCN(C)C)c2nc3cc(OC)c(OC)cc3s2)cc1. The number of fused-ring (bicyclic) bond motifs is 1. The Hall–Kier alpha value is -2.84. The van der Waals surface area contributed by atoms with E-state index in [1.54, 1.807) is 31.3 Å². The molecule has 0 aliphatic rings. The summed E-state index contributed by atoms with van der Waals surface area (Å²) in [4.78, 5) is 21.8. The van der Waals surface area contributed by atoms with Gasteiger partial charge in [0.25, 0.3) is 5.91 Å². The van der Waals surface area contributed by atoms with E-state index >= 15 is 0 Å². The number of aromatic nitrogens is 1. The van der Waals surface area contributed by atoms with Crippen LogP contribution in [-0.2, 0) is 0 Å². The lowest BCUT2D eigenvalue weighted by atomic mass is 10.2. The topological polar surface area (TPSA) is 64.1 Å². The van der Waals surface area contributed by atoms with E-state index in [4.69, 9.17) is 19.2 Å². The molecule has 0 aliphatic carbocycles. The lowest BCUT2D eigenvalue weighted by Crippen LogP contribution is -2.36. The number of carbonyl (C=O) groups excluding carboxylic acids is 1. The third kappa shape index (κ3) is 4.83. The van der Waals surface area contributed by atoms with Gasteiger partial charge in [-0.05, 0) is 45.3 Å². The molecule has 0 saturated carbocycles. The number of rotatable bonds is 9. The largest absolute Gasteiger partial charge is 0.494 e. The van der Waals surface area contributed by atoms with Crippen LogP contribution in [0.4, 0.5) is 5.13 Å². The first kappa shape index (κ1) is 21.9. The Labute approximate surface area is 180 Å². The first-order valence-electron chi connectivity index (χ1n) is 9.68. The van der Waals surface area contributed by atoms with Crippen LogP contribution < -0.4 is 19.1 Å². The van der Waals surface area contributed by atoms with Gasteiger partial charge in [0.2, 0.25) is 0 Å². The van der Waals surface area contributed by atoms with Crippen LogP contribution in [0.25, 0.3) is 10.2 Å². The van der Waals surface area contributed by atoms with E-state index in [2.05, 4.69) is 0 Å². The van der Waals surface area contributed by atoms with Crippen LogP contribution in [-0.4, -0.2) is 63.8 Å². The highest BCUT2D eigenvalue weighted by atomic mass is 32.1. The van der Waals surface area contributed by atoms with Gasteiger partial charge in [-0.15, -0.1) is 0 Å². The van der Waals surface area contributed by atoms with Gasteiger partial charge in [-0.2, -0.15) is 0 Å². The third-order valence-corrected chi connectivity index (χ3v) is 5.58. The highest BCUT2D eigenvalue weighted by molar-refractivity contribution is 7.22. The monoisotopic (exact) mass is 429 g/mol.